The van der Waals surface area contributed by atoms with Crippen LogP contribution in [0.25, 0.3) is 0 Å². The Kier molecular flexibility index (Phi) is 6.37. The first kappa shape index (κ1) is 14.0. The quantitative estimate of drug-likeness (QED) is 0.723. The van der Waals surface area contributed by atoms with Crippen molar-refractivity contribution in [2.24, 2.45) is 17.6 Å². The standard InChI is InChI=1S/C14H30N2/c1-4-14(7-8-15)6-5-9-16-11-12(2)10-13(16)3/h12-14H,4-11,15H2,1-3H3. The molecule has 2 heteroatoms. The van der Waals surface area contributed by atoms with Gasteiger partial charge in [0.25, 0.3) is 0 Å². The summed E-state index contributed by atoms with van der Waals surface area (Å²) in [5.74, 6) is 1.77. The molecule has 1 heterocycles. The zero-order chi connectivity index (χ0) is 12.0. The van der Waals surface area contributed by atoms with Crippen LogP contribution in [0.4, 0.5) is 0 Å². The summed E-state index contributed by atoms with van der Waals surface area (Å²) in [7, 11) is 0. The molecule has 0 aromatic heterocycles. The fourth-order valence-corrected chi connectivity index (χ4v) is 3.07. The lowest BCUT2D eigenvalue weighted by atomic mass is 9.96. The van der Waals surface area contributed by atoms with Gasteiger partial charge in [-0.05, 0) is 57.5 Å². The zero-order valence-corrected chi connectivity index (χ0v) is 11.4. The number of nitrogens with zero attached hydrogens (tertiary/aromatic N) is 1. The molecule has 3 unspecified atom stereocenters. The molecule has 2 nitrogen and oxygen atoms in total. The van der Waals surface area contributed by atoms with E-state index in [9.17, 15) is 0 Å². The van der Waals surface area contributed by atoms with Gasteiger partial charge in [0.05, 0.1) is 0 Å². The fourth-order valence-electron chi connectivity index (χ4n) is 3.07. The highest BCUT2D eigenvalue weighted by molar-refractivity contribution is 4.79. The summed E-state index contributed by atoms with van der Waals surface area (Å²) in [5, 5.41) is 0. The van der Waals surface area contributed by atoms with Crippen molar-refractivity contribution in [3.63, 3.8) is 0 Å². The molecule has 1 saturated heterocycles. The molecule has 0 amide bonds. The van der Waals surface area contributed by atoms with Gasteiger partial charge in [-0.2, -0.15) is 0 Å². The Balaban J connectivity index is 2.14. The van der Waals surface area contributed by atoms with Crippen molar-refractivity contribution in [3.8, 4) is 0 Å². The maximum Gasteiger partial charge on any atom is 0.00700 e. The Morgan fingerprint density at radius 1 is 1.31 bits per heavy atom. The number of hydrogen-bond acceptors (Lipinski definition) is 2. The van der Waals surface area contributed by atoms with Crippen LogP contribution < -0.4 is 5.73 Å². The van der Waals surface area contributed by atoms with E-state index in [2.05, 4.69) is 25.7 Å². The molecule has 96 valence electrons. The minimum atomic E-state index is 0.810. The van der Waals surface area contributed by atoms with Crippen LogP contribution in [-0.4, -0.2) is 30.6 Å². The molecule has 2 N–H and O–H groups in total. The largest absolute Gasteiger partial charge is 0.330 e. The van der Waals surface area contributed by atoms with Crippen molar-refractivity contribution in [2.45, 2.75) is 58.9 Å². The number of nitrogens with two attached hydrogens (primary N) is 1. The Bertz CT molecular complexity index is 182. The van der Waals surface area contributed by atoms with Gasteiger partial charge < -0.3 is 10.6 Å². The second kappa shape index (κ2) is 7.29. The van der Waals surface area contributed by atoms with E-state index in [1.165, 1.54) is 45.2 Å². The molecule has 1 aliphatic rings. The van der Waals surface area contributed by atoms with Crippen molar-refractivity contribution in [1.82, 2.24) is 4.90 Å². The van der Waals surface area contributed by atoms with Crippen molar-refractivity contribution in [3.05, 3.63) is 0 Å². The Hall–Kier alpha value is -0.0800. The van der Waals surface area contributed by atoms with Crippen molar-refractivity contribution < 1.29 is 0 Å². The lowest BCUT2D eigenvalue weighted by molar-refractivity contribution is 0.250. The third kappa shape index (κ3) is 4.42. The molecule has 0 aromatic rings. The van der Waals surface area contributed by atoms with E-state index in [1.54, 1.807) is 0 Å². The van der Waals surface area contributed by atoms with Crippen molar-refractivity contribution in [2.75, 3.05) is 19.6 Å². The van der Waals surface area contributed by atoms with Gasteiger partial charge in [0.1, 0.15) is 0 Å². The third-order valence-electron chi connectivity index (χ3n) is 4.12. The Morgan fingerprint density at radius 3 is 2.56 bits per heavy atom. The summed E-state index contributed by atoms with van der Waals surface area (Å²) < 4.78 is 0. The molecular weight excluding hydrogens is 196 g/mol. The van der Waals surface area contributed by atoms with Crippen LogP contribution in [0.2, 0.25) is 0 Å². The monoisotopic (exact) mass is 226 g/mol. The van der Waals surface area contributed by atoms with Crippen LogP contribution in [0, 0.1) is 11.8 Å². The Morgan fingerprint density at radius 2 is 2.06 bits per heavy atom. The zero-order valence-electron chi connectivity index (χ0n) is 11.4. The van der Waals surface area contributed by atoms with Crippen LogP contribution in [0.3, 0.4) is 0 Å². The van der Waals surface area contributed by atoms with E-state index < -0.39 is 0 Å². The number of rotatable bonds is 7. The minimum Gasteiger partial charge on any atom is -0.330 e. The maximum absolute atomic E-state index is 5.63. The average molecular weight is 226 g/mol. The molecule has 3 atom stereocenters. The summed E-state index contributed by atoms with van der Waals surface area (Å²) in [6.07, 6.45) is 6.62. The molecule has 16 heavy (non-hydrogen) atoms. The lowest BCUT2D eigenvalue weighted by Gasteiger charge is -2.22. The SMILES string of the molecule is CCC(CCN)CCCN1CC(C)CC1C. The van der Waals surface area contributed by atoms with Crippen LogP contribution in [0.5, 0.6) is 0 Å². The fraction of sp³-hybridized carbons (Fsp3) is 1.00. The number of hydrogen-bond donors (Lipinski definition) is 1. The highest BCUT2D eigenvalue weighted by Crippen LogP contribution is 2.23. The molecule has 1 fully saturated rings. The first-order chi connectivity index (χ1) is 7.67. The third-order valence-corrected chi connectivity index (χ3v) is 4.12. The summed E-state index contributed by atoms with van der Waals surface area (Å²) in [6.45, 7) is 10.5. The average Bonchev–Trinajstić information content (AvgIpc) is 2.56. The van der Waals surface area contributed by atoms with Crippen molar-refractivity contribution >= 4 is 0 Å². The van der Waals surface area contributed by atoms with Gasteiger partial charge >= 0.3 is 0 Å². The summed E-state index contributed by atoms with van der Waals surface area (Å²) in [4.78, 5) is 2.67. The second-order valence-electron chi connectivity index (χ2n) is 5.68. The maximum atomic E-state index is 5.63. The van der Waals surface area contributed by atoms with Gasteiger partial charge in [-0.3, -0.25) is 0 Å². The highest BCUT2D eigenvalue weighted by Gasteiger charge is 2.25. The first-order valence-electron chi connectivity index (χ1n) is 7.11. The van der Waals surface area contributed by atoms with Gasteiger partial charge in [0.15, 0.2) is 0 Å². The van der Waals surface area contributed by atoms with Gasteiger partial charge in [-0.1, -0.05) is 20.3 Å². The predicted molar refractivity (Wildman–Crippen MR) is 71.5 cm³/mol. The van der Waals surface area contributed by atoms with E-state index >= 15 is 0 Å². The van der Waals surface area contributed by atoms with E-state index in [4.69, 9.17) is 5.73 Å². The summed E-state index contributed by atoms with van der Waals surface area (Å²) in [6, 6.07) is 0.810. The molecule has 0 aromatic carbocycles. The minimum absolute atomic E-state index is 0.810. The summed E-state index contributed by atoms with van der Waals surface area (Å²) >= 11 is 0. The smallest absolute Gasteiger partial charge is 0.00700 e. The first-order valence-corrected chi connectivity index (χ1v) is 7.11. The second-order valence-corrected chi connectivity index (χ2v) is 5.68. The molecule has 1 aliphatic heterocycles. The van der Waals surface area contributed by atoms with Crippen LogP contribution >= 0.6 is 0 Å². The van der Waals surface area contributed by atoms with Crippen LogP contribution in [0.15, 0.2) is 0 Å². The van der Waals surface area contributed by atoms with Crippen molar-refractivity contribution in [1.29, 1.82) is 0 Å². The van der Waals surface area contributed by atoms with E-state index in [1.807, 2.05) is 0 Å². The molecule has 0 bridgehead atoms. The molecule has 0 spiro atoms. The molecule has 0 radical (unpaired) electrons. The molecular formula is C14H30N2. The van der Waals surface area contributed by atoms with Gasteiger partial charge in [-0.15, -0.1) is 0 Å². The molecule has 0 saturated carbocycles. The Labute approximate surface area is 102 Å². The van der Waals surface area contributed by atoms with Gasteiger partial charge in [-0.25, -0.2) is 0 Å². The van der Waals surface area contributed by atoms with Crippen LogP contribution in [-0.2, 0) is 0 Å². The molecule has 0 aliphatic carbocycles. The van der Waals surface area contributed by atoms with Gasteiger partial charge in [0, 0.05) is 12.6 Å². The molecule has 1 rings (SSSR count). The van der Waals surface area contributed by atoms with E-state index in [0.717, 1.165) is 24.4 Å². The van der Waals surface area contributed by atoms with E-state index in [-0.39, 0.29) is 0 Å². The number of likely N-dealkylation sites (tertiary alicyclic amines) is 1. The normalized spacial score (nSPS) is 28.5. The summed E-state index contributed by atoms with van der Waals surface area (Å²) in [5.41, 5.74) is 5.63. The topological polar surface area (TPSA) is 29.3 Å². The highest BCUT2D eigenvalue weighted by atomic mass is 15.2. The van der Waals surface area contributed by atoms with Crippen LogP contribution in [0.1, 0.15) is 52.9 Å². The lowest BCUT2D eigenvalue weighted by Crippen LogP contribution is -2.28. The predicted octanol–water partition coefficient (Wildman–Crippen LogP) is 2.87. The van der Waals surface area contributed by atoms with Gasteiger partial charge in [0.2, 0.25) is 0 Å². The van der Waals surface area contributed by atoms with E-state index in [0.29, 0.717) is 0 Å².